The Bertz CT molecular complexity index is 632. The molecule has 1 heterocycles. The van der Waals surface area contributed by atoms with Crippen LogP contribution in [0.15, 0.2) is 42.6 Å². The van der Waals surface area contributed by atoms with E-state index in [4.69, 9.17) is 5.73 Å². The van der Waals surface area contributed by atoms with E-state index in [1.54, 1.807) is 6.07 Å². The van der Waals surface area contributed by atoms with Crippen LogP contribution in [0.25, 0.3) is 0 Å². The van der Waals surface area contributed by atoms with Gasteiger partial charge < -0.3 is 20.7 Å². The summed E-state index contributed by atoms with van der Waals surface area (Å²) in [5.74, 6) is -0.207. The summed E-state index contributed by atoms with van der Waals surface area (Å²) in [4.78, 5) is 12.5. The molecule has 5 heteroatoms. The smallest absolute Gasteiger partial charge is 0.268 e. The highest BCUT2D eigenvalue weighted by Gasteiger charge is 2.28. The lowest BCUT2D eigenvalue weighted by molar-refractivity contribution is 0.0906. The Morgan fingerprint density at radius 2 is 2.10 bits per heavy atom. The van der Waals surface area contributed by atoms with Crippen LogP contribution in [0.5, 0.6) is 0 Å². The van der Waals surface area contributed by atoms with Gasteiger partial charge in [0.1, 0.15) is 5.69 Å². The predicted molar refractivity (Wildman–Crippen MR) is 80.9 cm³/mol. The highest BCUT2D eigenvalue weighted by Crippen LogP contribution is 2.37. The average molecular weight is 285 g/mol. The Balaban J connectivity index is 1.79. The first-order valence-electron chi connectivity index (χ1n) is 7.13. The fraction of sp³-hybridized carbons (Fsp3) is 0.312. The van der Waals surface area contributed by atoms with E-state index in [9.17, 15) is 9.90 Å². The number of benzene rings is 1. The SMILES string of the molecule is Nc1cc(C(=O)NC(CO)c2ccccc2)n(C2CC2)c1. The summed E-state index contributed by atoms with van der Waals surface area (Å²) < 4.78 is 1.93. The topological polar surface area (TPSA) is 80.3 Å². The second-order valence-electron chi connectivity index (χ2n) is 5.42. The lowest BCUT2D eigenvalue weighted by atomic mass is 10.1. The quantitative estimate of drug-likeness (QED) is 0.784. The van der Waals surface area contributed by atoms with Gasteiger partial charge in [-0.3, -0.25) is 4.79 Å². The zero-order chi connectivity index (χ0) is 14.8. The van der Waals surface area contributed by atoms with Crippen molar-refractivity contribution in [1.29, 1.82) is 0 Å². The highest BCUT2D eigenvalue weighted by atomic mass is 16.3. The van der Waals surface area contributed by atoms with Crippen LogP contribution < -0.4 is 11.1 Å². The van der Waals surface area contributed by atoms with E-state index in [0.29, 0.717) is 17.4 Å². The van der Waals surface area contributed by atoms with Gasteiger partial charge in [0.15, 0.2) is 0 Å². The summed E-state index contributed by atoms with van der Waals surface area (Å²) in [6.45, 7) is -0.143. The van der Waals surface area contributed by atoms with Crippen molar-refractivity contribution in [2.24, 2.45) is 0 Å². The third-order valence-corrected chi connectivity index (χ3v) is 3.73. The predicted octanol–water partition coefficient (Wildman–Crippen LogP) is 1.87. The summed E-state index contributed by atoms with van der Waals surface area (Å²) >= 11 is 0. The van der Waals surface area contributed by atoms with Gasteiger partial charge in [-0.25, -0.2) is 0 Å². The minimum atomic E-state index is -0.414. The van der Waals surface area contributed by atoms with Crippen LogP contribution in [0.2, 0.25) is 0 Å². The number of carbonyl (C=O) groups is 1. The molecule has 0 bridgehead atoms. The van der Waals surface area contributed by atoms with Crippen molar-refractivity contribution in [2.45, 2.75) is 24.9 Å². The number of nitrogens with two attached hydrogens (primary N) is 1. The van der Waals surface area contributed by atoms with Crippen molar-refractivity contribution < 1.29 is 9.90 Å². The van der Waals surface area contributed by atoms with Crippen molar-refractivity contribution in [3.8, 4) is 0 Å². The fourth-order valence-corrected chi connectivity index (χ4v) is 2.49. The normalized spacial score (nSPS) is 15.7. The molecule has 110 valence electrons. The van der Waals surface area contributed by atoms with Crippen LogP contribution in [0.1, 0.15) is 41.0 Å². The minimum Gasteiger partial charge on any atom is -0.397 e. The van der Waals surface area contributed by atoms with Gasteiger partial charge in [-0.05, 0) is 24.5 Å². The maximum absolute atomic E-state index is 12.5. The summed E-state index contributed by atoms with van der Waals surface area (Å²) in [5, 5.41) is 12.4. The molecule has 1 aliphatic carbocycles. The van der Waals surface area contributed by atoms with Crippen molar-refractivity contribution in [3.63, 3.8) is 0 Å². The Kier molecular flexibility index (Phi) is 3.66. The number of aliphatic hydroxyl groups is 1. The molecule has 1 aromatic heterocycles. The number of anilines is 1. The molecule has 21 heavy (non-hydrogen) atoms. The molecule has 1 atom stereocenters. The Morgan fingerprint density at radius 3 is 2.71 bits per heavy atom. The maximum Gasteiger partial charge on any atom is 0.268 e. The molecule has 5 nitrogen and oxygen atoms in total. The monoisotopic (exact) mass is 285 g/mol. The molecular formula is C16H19N3O2. The molecule has 1 unspecified atom stereocenters. The first-order valence-corrected chi connectivity index (χ1v) is 7.13. The van der Waals surface area contributed by atoms with Gasteiger partial charge in [-0.15, -0.1) is 0 Å². The number of carbonyl (C=O) groups excluding carboxylic acids is 1. The number of amides is 1. The second-order valence-corrected chi connectivity index (χ2v) is 5.42. The Labute approximate surface area is 123 Å². The molecular weight excluding hydrogens is 266 g/mol. The number of nitrogens with one attached hydrogen (secondary N) is 1. The van der Waals surface area contributed by atoms with E-state index >= 15 is 0 Å². The summed E-state index contributed by atoms with van der Waals surface area (Å²) in [7, 11) is 0. The van der Waals surface area contributed by atoms with E-state index in [1.807, 2.05) is 41.1 Å². The van der Waals surface area contributed by atoms with E-state index < -0.39 is 6.04 Å². The van der Waals surface area contributed by atoms with E-state index in [0.717, 1.165) is 18.4 Å². The summed E-state index contributed by atoms with van der Waals surface area (Å²) in [6.07, 6.45) is 3.97. The van der Waals surface area contributed by atoms with Gasteiger partial charge >= 0.3 is 0 Å². The third-order valence-electron chi connectivity index (χ3n) is 3.73. The minimum absolute atomic E-state index is 0.143. The summed E-state index contributed by atoms with van der Waals surface area (Å²) in [5.41, 5.74) is 7.84. The van der Waals surface area contributed by atoms with Crippen LogP contribution in [-0.2, 0) is 0 Å². The number of aliphatic hydroxyl groups excluding tert-OH is 1. The number of rotatable bonds is 5. The number of hydrogen-bond acceptors (Lipinski definition) is 3. The number of aromatic nitrogens is 1. The lowest BCUT2D eigenvalue weighted by Crippen LogP contribution is -2.32. The zero-order valence-corrected chi connectivity index (χ0v) is 11.7. The van der Waals surface area contributed by atoms with Crippen molar-refractivity contribution >= 4 is 11.6 Å². The molecule has 2 aromatic rings. The fourth-order valence-electron chi connectivity index (χ4n) is 2.49. The van der Waals surface area contributed by atoms with Crippen molar-refractivity contribution in [1.82, 2.24) is 9.88 Å². The van der Waals surface area contributed by atoms with Crippen molar-refractivity contribution in [3.05, 3.63) is 53.9 Å². The summed E-state index contributed by atoms with van der Waals surface area (Å²) in [6, 6.07) is 11.1. The molecule has 0 radical (unpaired) electrons. The van der Waals surface area contributed by atoms with Gasteiger partial charge in [0.05, 0.1) is 18.3 Å². The molecule has 3 rings (SSSR count). The van der Waals surface area contributed by atoms with Gasteiger partial charge in [-0.2, -0.15) is 0 Å². The zero-order valence-electron chi connectivity index (χ0n) is 11.7. The Morgan fingerprint density at radius 1 is 1.38 bits per heavy atom. The molecule has 0 saturated heterocycles. The molecule has 1 aliphatic rings. The maximum atomic E-state index is 12.5. The van der Waals surface area contributed by atoms with E-state index in [-0.39, 0.29) is 12.5 Å². The number of nitrogens with zero attached hydrogens (tertiary/aromatic N) is 1. The molecule has 1 amide bonds. The Hall–Kier alpha value is -2.27. The van der Waals surface area contributed by atoms with Crippen LogP contribution >= 0.6 is 0 Å². The van der Waals surface area contributed by atoms with Gasteiger partial charge in [0, 0.05) is 12.2 Å². The first-order chi connectivity index (χ1) is 10.2. The number of hydrogen-bond donors (Lipinski definition) is 3. The largest absolute Gasteiger partial charge is 0.397 e. The van der Waals surface area contributed by atoms with Crippen molar-refractivity contribution in [2.75, 3.05) is 12.3 Å². The second kappa shape index (κ2) is 5.61. The highest BCUT2D eigenvalue weighted by molar-refractivity contribution is 5.94. The van der Waals surface area contributed by atoms with E-state index in [2.05, 4.69) is 5.32 Å². The molecule has 0 spiro atoms. The molecule has 4 N–H and O–H groups in total. The molecule has 0 aliphatic heterocycles. The van der Waals surface area contributed by atoms with Crippen LogP contribution in [0.3, 0.4) is 0 Å². The van der Waals surface area contributed by atoms with Crippen LogP contribution in [0.4, 0.5) is 5.69 Å². The molecule has 1 aromatic carbocycles. The molecule has 1 fully saturated rings. The van der Waals surface area contributed by atoms with Gasteiger partial charge in [0.25, 0.3) is 5.91 Å². The van der Waals surface area contributed by atoms with E-state index in [1.165, 1.54) is 0 Å². The third kappa shape index (κ3) is 2.92. The first kappa shape index (κ1) is 13.7. The molecule has 1 saturated carbocycles. The number of nitrogen functional groups attached to an aromatic ring is 1. The van der Waals surface area contributed by atoms with Crippen LogP contribution in [0, 0.1) is 0 Å². The van der Waals surface area contributed by atoms with Gasteiger partial charge in [0.2, 0.25) is 0 Å². The lowest BCUT2D eigenvalue weighted by Gasteiger charge is -2.17. The van der Waals surface area contributed by atoms with Gasteiger partial charge in [-0.1, -0.05) is 30.3 Å². The average Bonchev–Trinajstić information content (AvgIpc) is 3.28. The van der Waals surface area contributed by atoms with Crippen LogP contribution in [-0.4, -0.2) is 22.2 Å². The standard InChI is InChI=1S/C16H19N3O2/c17-12-8-15(19(9-12)13-6-7-13)16(21)18-14(10-20)11-4-2-1-3-5-11/h1-5,8-9,13-14,20H,6-7,10,17H2,(H,18,21).